The molecule has 1 aromatic carbocycles. The second-order valence-corrected chi connectivity index (χ2v) is 7.59. The van der Waals surface area contributed by atoms with E-state index in [1.807, 2.05) is 0 Å². The quantitative estimate of drug-likeness (QED) is 0.865. The fourth-order valence-electron chi connectivity index (χ4n) is 2.38. The maximum Gasteiger partial charge on any atom is 0.251 e. The first kappa shape index (κ1) is 16.0. The molecule has 1 aromatic rings. The molecule has 0 radical (unpaired) electrons. The Morgan fingerprint density at radius 2 is 2.05 bits per heavy atom. The second kappa shape index (κ2) is 7.04. The molecular formula is C15H21NO4S. The Kier molecular flexibility index (Phi) is 5.36. The van der Waals surface area contributed by atoms with Crippen LogP contribution in [0.2, 0.25) is 0 Å². The summed E-state index contributed by atoms with van der Waals surface area (Å²) >= 11 is 0. The van der Waals surface area contributed by atoms with Crippen LogP contribution in [0.5, 0.6) is 0 Å². The van der Waals surface area contributed by atoms with Crippen molar-refractivity contribution in [2.45, 2.75) is 31.1 Å². The van der Waals surface area contributed by atoms with Crippen molar-refractivity contribution in [2.75, 3.05) is 19.4 Å². The van der Waals surface area contributed by atoms with Gasteiger partial charge in [0.2, 0.25) is 0 Å². The fraction of sp³-hybridized carbons (Fsp3) is 0.533. The Morgan fingerprint density at radius 3 is 2.62 bits per heavy atom. The molecule has 5 nitrogen and oxygen atoms in total. The van der Waals surface area contributed by atoms with E-state index in [1.54, 1.807) is 24.3 Å². The molecule has 1 heterocycles. The number of rotatable bonds is 6. The predicted molar refractivity (Wildman–Crippen MR) is 80.9 cm³/mol. The van der Waals surface area contributed by atoms with Gasteiger partial charge in [0, 0.05) is 25.0 Å². The molecule has 21 heavy (non-hydrogen) atoms. The molecule has 1 atom stereocenters. The third-order valence-corrected chi connectivity index (χ3v) is 4.28. The summed E-state index contributed by atoms with van der Waals surface area (Å²) in [6.45, 7) is 1.41. The van der Waals surface area contributed by atoms with Crippen LogP contribution in [0.15, 0.2) is 24.3 Å². The molecule has 0 aromatic heterocycles. The Balaban J connectivity index is 1.81. The van der Waals surface area contributed by atoms with Gasteiger partial charge >= 0.3 is 0 Å². The highest BCUT2D eigenvalue weighted by molar-refractivity contribution is 7.89. The van der Waals surface area contributed by atoms with Crippen LogP contribution in [0.25, 0.3) is 0 Å². The minimum atomic E-state index is -3.05. The molecule has 1 fully saturated rings. The van der Waals surface area contributed by atoms with Gasteiger partial charge in [-0.2, -0.15) is 0 Å². The normalized spacial score (nSPS) is 18.6. The van der Waals surface area contributed by atoms with E-state index in [2.05, 4.69) is 5.32 Å². The van der Waals surface area contributed by atoms with Crippen molar-refractivity contribution in [2.24, 2.45) is 0 Å². The SMILES string of the molecule is CS(=O)(=O)Cc1ccc(C(=O)NCCC2CCCO2)cc1. The van der Waals surface area contributed by atoms with Crippen molar-refractivity contribution in [3.05, 3.63) is 35.4 Å². The highest BCUT2D eigenvalue weighted by atomic mass is 32.2. The molecule has 2 rings (SSSR count). The van der Waals surface area contributed by atoms with Crippen molar-refractivity contribution >= 4 is 15.7 Å². The lowest BCUT2D eigenvalue weighted by Crippen LogP contribution is -2.27. The zero-order chi connectivity index (χ0) is 15.3. The van der Waals surface area contributed by atoms with Crippen LogP contribution in [0, 0.1) is 0 Å². The summed E-state index contributed by atoms with van der Waals surface area (Å²) in [5, 5.41) is 2.86. The highest BCUT2D eigenvalue weighted by Gasteiger charge is 2.15. The van der Waals surface area contributed by atoms with E-state index in [1.165, 1.54) is 6.26 Å². The molecule has 0 bridgehead atoms. The Labute approximate surface area is 125 Å². The number of amides is 1. The van der Waals surface area contributed by atoms with Gasteiger partial charge in [0.1, 0.15) is 0 Å². The number of hydrogen-bond acceptors (Lipinski definition) is 4. The van der Waals surface area contributed by atoms with Crippen molar-refractivity contribution < 1.29 is 17.9 Å². The van der Waals surface area contributed by atoms with Gasteiger partial charge in [-0.1, -0.05) is 12.1 Å². The van der Waals surface area contributed by atoms with E-state index in [-0.39, 0.29) is 17.8 Å². The van der Waals surface area contributed by atoms with Crippen molar-refractivity contribution in [1.82, 2.24) is 5.32 Å². The summed E-state index contributed by atoms with van der Waals surface area (Å²) in [5.41, 5.74) is 1.23. The molecule has 0 saturated carbocycles. The largest absolute Gasteiger partial charge is 0.378 e. The van der Waals surface area contributed by atoms with Gasteiger partial charge in [0.05, 0.1) is 11.9 Å². The molecule has 1 unspecified atom stereocenters. The average Bonchev–Trinajstić information content (AvgIpc) is 2.91. The zero-order valence-electron chi connectivity index (χ0n) is 12.2. The van der Waals surface area contributed by atoms with Crippen LogP contribution in [0.3, 0.4) is 0 Å². The smallest absolute Gasteiger partial charge is 0.251 e. The molecule has 1 aliphatic heterocycles. The molecular weight excluding hydrogens is 290 g/mol. The van der Waals surface area contributed by atoms with Crippen LogP contribution >= 0.6 is 0 Å². The summed E-state index contributed by atoms with van der Waals surface area (Å²) in [6, 6.07) is 6.66. The maximum atomic E-state index is 11.9. The van der Waals surface area contributed by atoms with Crippen molar-refractivity contribution in [3.63, 3.8) is 0 Å². The maximum absolute atomic E-state index is 11.9. The molecule has 1 amide bonds. The summed E-state index contributed by atoms with van der Waals surface area (Å²) in [6.07, 6.45) is 4.45. The number of benzene rings is 1. The number of carbonyl (C=O) groups is 1. The lowest BCUT2D eigenvalue weighted by Gasteiger charge is -2.10. The average molecular weight is 311 g/mol. The van der Waals surface area contributed by atoms with Gasteiger partial charge in [-0.25, -0.2) is 8.42 Å². The van der Waals surface area contributed by atoms with Crippen LogP contribution in [0.1, 0.15) is 35.2 Å². The minimum absolute atomic E-state index is 0.00603. The van der Waals surface area contributed by atoms with Crippen molar-refractivity contribution in [3.8, 4) is 0 Å². The van der Waals surface area contributed by atoms with E-state index in [4.69, 9.17) is 4.74 Å². The standard InChI is InChI=1S/C15H21NO4S/c1-21(18,19)11-12-4-6-13(7-5-12)15(17)16-9-8-14-3-2-10-20-14/h4-7,14H,2-3,8-11H2,1H3,(H,16,17). The molecule has 1 saturated heterocycles. The number of ether oxygens (including phenoxy) is 1. The Morgan fingerprint density at radius 1 is 1.33 bits per heavy atom. The van der Waals surface area contributed by atoms with Gasteiger partial charge in [-0.05, 0) is 37.0 Å². The summed E-state index contributed by atoms with van der Waals surface area (Å²) < 4.78 is 27.9. The minimum Gasteiger partial charge on any atom is -0.378 e. The third-order valence-electron chi connectivity index (χ3n) is 3.42. The number of sulfone groups is 1. The van der Waals surface area contributed by atoms with Crippen LogP contribution in [0.4, 0.5) is 0 Å². The number of hydrogen-bond donors (Lipinski definition) is 1. The summed E-state index contributed by atoms with van der Waals surface area (Å²) in [7, 11) is -3.05. The van der Waals surface area contributed by atoms with E-state index in [0.717, 1.165) is 25.9 Å². The molecule has 6 heteroatoms. The first-order valence-corrected chi connectivity index (χ1v) is 9.16. The fourth-order valence-corrected chi connectivity index (χ4v) is 3.17. The molecule has 1 N–H and O–H groups in total. The van der Waals surface area contributed by atoms with E-state index < -0.39 is 9.84 Å². The Hall–Kier alpha value is -1.40. The van der Waals surface area contributed by atoms with Gasteiger partial charge in [-0.15, -0.1) is 0 Å². The van der Waals surface area contributed by atoms with Crippen molar-refractivity contribution in [1.29, 1.82) is 0 Å². The highest BCUT2D eigenvalue weighted by Crippen LogP contribution is 2.14. The molecule has 1 aliphatic rings. The van der Waals surface area contributed by atoms with Gasteiger partial charge in [0.15, 0.2) is 9.84 Å². The zero-order valence-corrected chi connectivity index (χ0v) is 13.0. The predicted octanol–water partition coefficient (Wildman–Crippen LogP) is 1.53. The molecule has 116 valence electrons. The summed E-state index contributed by atoms with van der Waals surface area (Å²) in [5.74, 6) is -0.146. The second-order valence-electron chi connectivity index (χ2n) is 5.45. The molecule has 0 aliphatic carbocycles. The first-order valence-electron chi connectivity index (χ1n) is 7.10. The molecule has 0 spiro atoms. The lowest BCUT2D eigenvalue weighted by atomic mass is 10.1. The third kappa shape index (κ3) is 5.47. The van der Waals surface area contributed by atoms with Gasteiger partial charge < -0.3 is 10.1 Å². The van der Waals surface area contributed by atoms with Crippen LogP contribution < -0.4 is 5.32 Å². The van der Waals surface area contributed by atoms with Crippen LogP contribution in [-0.4, -0.2) is 39.8 Å². The Bertz CT molecular complexity index is 574. The number of carbonyl (C=O) groups excluding carboxylic acids is 1. The topological polar surface area (TPSA) is 72.5 Å². The monoisotopic (exact) mass is 311 g/mol. The number of nitrogens with one attached hydrogen (secondary N) is 1. The summed E-state index contributed by atoms with van der Waals surface area (Å²) in [4.78, 5) is 11.9. The first-order chi connectivity index (χ1) is 9.94. The van der Waals surface area contributed by atoms with Crippen LogP contribution in [-0.2, 0) is 20.3 Å². The van der Waals surface area contributed by atoms with E-state index >= 15 is 0 Å². The van der Waals surface area contributed by atoms with E-state index in [9.17, 15) is 13.2 Å². The lowest BCUT2D eigenvalue weighted by molar-refractivity contribution is 0.0907. The van der Waals surface area contributed by atoms with Gasteiger partial charge in [0.25, 0.3) is 5.91 Å². The van der Waals surface area contributed by atoms with Gasteiger partial charge in [-0.3, -0.25) is 4.79 Å². The van der Waals surface area contributed by atoms with E-state index in [0.29, 0.717) is 17.7 Å².